The lowest BCUT2D eigenvalue weighted by Crippen LogP contribution is -2.36. The Bertz CT molecular complexity index is 461. The minimum absolute atomic E-state index is 0.251. The zero-order chi connectivity index (χ0) is 19.8. The van der Waals surface area contributed by atoms with Gasteiger partial charge in [-0.05, 0) is 6.42 Å². The Morgan fingerprint density at radius 1 is 0.769 bits per heavy atom. The summed E-state index contributed by atoms with van der Waals surface area (Å²) in [5, 5.41) is 0. The number of methoxy groups -OCH3 is 3. The number of ketones is 1. The number of ether oxygens (including phenoxy) is 3. The van der Waals surface area contributed by atoms with Crippen molar-refractivity contribution in [2.24, 2.45) is 4.99 Å². The Balaban J connectivity index is 4.42. The Kier molecular flexibility index (Phi) is 14.2. The van der Waals surface area contributed by atoms with Crippen molar-refractivity contribution in [3.05, 3.63) is 0 Å². The lowest BCUT2D eigenvalue weighted by Gasteiger charge is -2.11. The van der Waals surface area contributed by atoms with Crippen LogP contribution in [0.15, 0.2) is 4.99 Å². The minimum atomic E-state index is -1.58. The van der Waals surface area contributed by atoms with Gasteiger partial charge in [-0.25, -0.2) is 14.6 Å². The zero-order valence-electron chi connectivity index (χ0n) is 16.5. The number of carbonyl (C=O) groups excluding carboxylic acids is 3. The van der Waals surface area contributed by atoms with Crippen LogP contribution in [0.1, 0.15) is 71.1 Å². The Morgan fingerprint density at radius 3 is 1.77 bits per heavy atom. The lowest BCUT2D eigenvalue weighted by atomic mass is 10.1. The first-order chi connectivity index (χ1) is 12.5. The molecule has 0 N–H and O–H groups in total. The van der Waals surface area contributed by atoms with Crippen LogP contribution in [0.25, 0.3) is 0 Å². The average molecular weight is 371 g/mol. The molecule has 0 aromatic rings. The first-order valence-electron chi connectivity index (χ1n) is 9.32. The second kappa shape index (κ2) is 15.3. The van der Waals surface area contributed by atoms with Gasteiger partial charge in [0.15, 0.2) is 5.90 Å². The van der Waals surface area contributed by atoms with Crippen LogP contribution in [0.5, 0.6) is 0 Å². The minimum Gasteiger partial charge on any atom is -0.484 e. The van der Waals surface area contributed by atoms with Gasteiger partial charge < -0.3 is 14.2 Å². The van der Waals surface area contributed by atoms with Gasteiger partial charge in [0.1, 0.15) is 0 Å². The molecular formula is C19H33NO6. The molecule has 0 spiro atoms. The van der Waals surface area contributed by atoms with Crippen molar-refractivity contribution in [2.45, 2.75) is 77.2 Å². The smallest absolute Gasteiger partial charge is 0.377 e. The fourth-order valence-electron chi connectivity index (χ4n) is 2.49. The largest absolute Gasteiger partial charge is 0.484 e. The number of Topliss-reactive ketones (excluding diaryl/α,β-unsaturated/α-hetero) is 1. The van der Waals surface area contributed by atoms with Gasteiger partial charge in [0.25, 0.3) is 5.78 Å². The van der Waals surface area contributed by atoms with E-state index in [0.29, 0.717) is 6.42 Å². The highest BCUT2D eigenvalue weighted by Crippen LogP contribution is 2.11. The molecule has 0 aliphatic heterocycles. The van der Waals surface area contributed by atoms with Crippen LogP contribution < -0.4 is 0 Å². The van der Waals surface area contributed by atoms with Crippen LogP contribution in [0, 0.1) is 0 Å². The quantitative estimate of drug-likeness (QED) is 0.116. The van der Waals surface area contributed by atoms with Crippen molar-refractivity contribution in [3.8, 4) is 0 Å². The van der Waals surface area contributed by atoms with E-state index in [4.69, 9.17) is 4.74 Å². The average Bonchev–Trinajstić information content (AvgIpc) is 2.67. The fourth-order valence-corrected chi connectivity index (χ4v) is 2.49. The predicted octanol–water partition coefficient (Wildman–Crippen LogP) is 3.24. The molecule has 1 atom stereocenters. The SMILES string of the molecule is CCCCCCCCCCCC(=NC(C(=O)OC)C(=O)C(=O)OC)OC. The molecule has 150 valence electrons. The molecule has 0 aliphatic rings. The van der Waals surface area contributed by atoms with Gasteiger partial charge in [-0.3, -0.25) is 4.79 Å². The number of aliphatic imine (C=N–C) groups is 1. The number of hydrogen-bond acceptors (Lipinski definition) is 7. The number of hydrogen-bond donors (Lipinski definition) is 0. The van der Waals surface area contributed by atoms with Crippen LogP contribution in [0.3, 0.4) is 0 Å². The van der Waals surface area contributed by atoms with Crippen LogP contribution in [0.2, 0.25) is 0 Å². The molecule has 0 saturated carbocycles. The van der Waals surface area contributed by atoms with Gasteiger partial charge in [0.05, 0.1) is 21.3 Å². The molecular weight excluding hydrogens is 338 g/mol. The van der Waals surface area contributed by atoms with E-state index in [1.54, 1.807) is 0 Å². The summed E-state index contributed by atoms with van der Waals surface area (Å²) in [7, 11) is 3.61. The Morgan fingerprint density at radius 2 is 1.31 bits per heavy atom. The van der Waals surface area contributed by atoms with E-state index >= 15 is 0 Å². The van der Waals surface area contributed by atoms with Crippen molar-refractivity contribution in [2.75, 3.05) is 21.3 Å². The Hall–Kier alpha value is -1.92. The maximum absolute atomic E-state index is 11.9. The number of esters is 2. The zero-order valence-corrected chi connectivity index (χ0v) is 16.5. The standard InChI is InChI=1S/C19H33NO6/c1-5-6-7-8-9-10-11-12-13-14-15(24-2)20-16(18(22)25-3)17(21)19(23)26-4/h16H,5-14H2,1-4H3. The van der Waals surface area contributed by atoms with Gasteiger partial charge in [0, 0.05) is 6.42 Å². The molecule has 26 heavy (non-hydrogen) atoms. The molecule has 0 radical (unpaired) electrons. The summed E-state index contributed by atoms with van der Waals surface area (Å²) in [6.45, 7) is 2.21. The van der Waals surface area contributed by atoms with Gasteiger partial charge in [-0.1, -0.05) is 58.3 Å². The van der Waals surface area contributed by atoms with Crippen LogP contribution in [-0.2, 0) is 28.6 Å². The maximum Gasteiger partial charge on any atom is 0.377 e. The number of nitrogens with zero attached hydrogens (tertiary/aromatic N) is 1. The third kappa shape index (κ3) is 10.2. The van der Waals surface area contributed by atoms with E-state index in [1.165, 1.54) is 45.6 Å². The van der Waals surface area contributed by atoms with Crippen LogP contribution >= 0.6 is 0 Å². The van der Waals surface area contributed by atoms with Crippen molar-refractivity contribution in [1.82, 2.24) is 0 Å². The summed E-state index contributed by atoms with van der Waals surface area (Å²) in [4.78, 5) is 39.0. The molecule has 0 fully saturated rings. The highest BCUT2D eigenvalue weighted by Gasteiger charge is 2.33. The summed E-state index contributed by atoms with van der Waals surface area (Å²) in [6.07, 6.45) is 11.1. The third-order valence-electron chi connectivity index (χ3n) is 4.06. The van der Waals surface area contributed by atoms with E-state index in [2.05, 4.69) is 21.4 Å². The second-order valence-corrected chi connectivity index (χ2v) is 6.09. The first kappa shape index (κ1) is 24.1. The van der Waals surface area contributed by atoms with Crippen molar-refractivity contribution >= 4 is 23.6 Å². The fraction of sp³-hybridized carbons (Fsp3) is 0.789. The number of unbranched alkanes of at least 4 members (excludes halogenated alkanes) is 8. The van der Waals surface area contributed by atoms with Crippen molar-refractivity contribution < 1.29 is 28.6 Å². The van der Waals surface area contributed by atoms with E-state index in [1.807, 2.05) is 0 Å². The van der Waals surface area contributed by atoms with Gasteiger partial charge in [0.2, 0.25) is 6.04 Å². The number of carbonyl (C=O) groups is 3. The van der Waals surface area contributed by atoms with Crippen molar-refractivity contribution in [1.29, 1.82) is 0 Å². The summed E-state index contributed by atoms with van der Waals surface area (Å²) >= 11 is 0. The van der Waals surface area contributed by atoms with E-state index < -0.39 is 23.8 Å². The predicted molar refractivity (Wildman–Crippen MR) is 99.1 cm³/mol. The molecule has 0 bridgehead atoms. The van der Waals surface area contributed by atoms with Crippen molar-refractivity contribution in [3.63, 3.8) is 0 Å². The molecule has 7 nitrogen and oxygen atoms in total. The van der Waals surface area contributed by atoms with Crippen LogP contribution in [-0.4, -0.2) is 51.0 Å². The summed E-state index contributed by atoms with van der Waals surface area (Å²) in [5.41, 5.74) is 0. The maximum atomic E-state index is 11.9. The first-order valence-corrected chi connectivity index (χ1v) is 9.32. The van der Waals surface area contributed by atoms with Gasteiger partial charge in [-0.2, -0.15) is 0 Å². The van der Waals surface area contributed by atoms with E-state index in [9.17, 15) is 14.4 Å². The van der Waals surface area contributed by atoms with Gasteiger partial charge >= 0.3 is 11.9 Å². The molecule has 0 rings (SSSR count). The molecule has 7 heteroatoms. The van der Waals surface area contributed by atoms with E-state index in [0.717, 1.165) is 33.5 Å². The molecule has 0 aliphatic carbocycles. The molecule has 0 amide bonds. The summed E-state index contributed by atoms with van der Waals surface area (Å²) < 4.78 is 14.0. The number of rotatable bonds is 14. The summed E-state index contributed by atoms with van der Waals surface area (Å²) in [6, 6.07) is -1.58. The summed E-state index contributed by atoms with van der Waals surface area (Å²) in [5.74, 6) is -2.87. The molecule has 0 aromatic heterocycles. The van der Waals surface area contributed by atoms with Gasteiger partial charge in [-0.15, -0.1) is 0 Å². The Labute approximate surface area is 156 Å². The molecule has 0 heterocycles. The van der Waals surface area contributed by atoms with Crippen LogP contribution in [0.4, 0.5) is 0 Å². The molecule has 0 aromatic carbocycles. The monoisotopic (exact) mass is 371 g/mol. The second-order valence-electron chi connectivity index (χ2n) is 6.09. The normalized spacial score (nSPS) is 12.4. The molecule has 1 unspecified atom stereocenters. The lowest BCUT2D eigenvalue weighted by molar-refractivity contribution is -0.156. The third-order valence-corrected chi connectivity index (χ3v) is 4.06. The highest BCUT2D eigenvalue weighted by atomic mass is 16.5. The van der Waals surface area contributed by atoms with E-state index in [-0.39, 0.29) is 5.90 Å². The highest BCUT2D eigenvalue weighted by molar-refractivity contribution is 6.40. The topological polar surface area (TPSA) is 91.3 Å². The molecule has 0 saturated heterocycles.